The number of nitro benzene ring substituents is 1. The van der Waals surface area contributed by atoms with E-state index in [0.717, 1.165) is 0 Å². The van der Waals surface area contributed by atoms with Gasteiger partial charge in [0.15, 0.2) is 6.79 Å². The zero-order chi connectivity index (χ0) is 9.68. The van der Waals surface area contributed by atoms with Crippen LogP contribution >= 0.6 is 0 Å². The summed E-state index contributed by atoms with van der Waals surface area (Å²) in [7, 11) is 1.50. The second kappa shape index (κ2) is 4.42. The van der Waals surface area contributed by atoms with Crippen molar-refractivity contribution in [1.29, 1.82) is 0 Å². The van der Waals surface area contributed by atoms with Gasteiger partial charge in [-0.05, 0) is 12.1 Å². The SMILES string of the molecule is COCOc1c[c]c([N+](=O)[O-])cc1. The maximum Gasteiger partial charge on any atom is 0.277 e. The van der Waals surface area contributed by atoms with Crippen LogP contribution in [0.25, 0.3) is 0 Å². The van der Waals surface area contributed by atoms with Crippen molar-refractivity contribution in [2.75, 3.05) is 13.9 Å². The van der Waals surface area contributed by atoms with E-state index in [4.69, 9.17) is 4.74 Å². The first kappa shape index (κ1) is 9.47. The number of nitro groups is 1. The van der Waals surface area contributed by atoms with Crippen molar-refractivity contribution in [3.05, 3.63) is 34.4 Å². The van der Waals surface area contributed by atoms with Crippen LogP contribution in [0.15, 0.2) is 18.2 Å². The van der Waals surface area contributed by atoms with E-state index in [1.807, 2.05) is 0 Å². The molecule has 1 rings (SSSR count). The highest BCUT2D eigenvalue weighted by Crippen LogP contribution is 2.16. The monoisotopic (exact) mass is 182 g/mol. The average Bonchev–Trinajstić information content (AvgIpc) is 2.15. The number of hydrogen-bond donors (Lipinski definition) is 0. The summed E-state index contributed by atoms with van der Waals surface area (Å²) in [4.78, 5) is 9.72. The number of hydrogen-bond acceptors (Lipinski definition) is 4. The Morgan fingerprint density at radius 1 is 1.62 bits per heavy atom. The summed E-state index contributed by atoms with van der Waals surface area (Å²) in [5.74, 6) is 0.493. The summed E-state index contributed by atoms with van der Waals surface area (Å²) < 4.78 is 9.67. The number of methoxy groups -OCH3 is 1. The molecular weight excluding hydrogens is 174 g/mol. The number of rotatable bonds is 4. The van der Waals surface area contributed by atoms with Crippen LogP contribution in [0.1, 0.15) is 0 Å². The topological polar surface area (TPSA) is 61.6 Å². The van der Waals surface area contributed by atoms with Crippen molar-refractivity contribution < 1.29 is 14.4 Å². The van der Waals surface area contributed by atoms with Crippen LogP contribution in [0.4, 0.5) is 5.69 Å². The molecule has 0 bridgehead atoms. The molecule has 13 heavy (non-hydrogen) atoms. The molecule has 0 amide bonds. The average molecular weight is 182 g/mol. The van der Waals surface area contributed by atoms with Crippen LogP contribution in [-0.2, 0) is 4.74 Å². The van der Waals surface area contributed by atoms with E-state index in [1.165, 1.54) is 25.3 Å². The summed E-state index contributed by atoms with van der Waals surface area (Å²) in [6, 6.07) is 6.68. The molecule has 0 aliphatic carbocycles. The summed E-state index contributed by atoms with van der Waals surface area (Å²) in [5.41, 5.74) is -0.0789. The number of ether oxygens (including phenoxy) is 2. The van der Waals surface area contributed by atoms with Gasteiger partial charge in [-0.2, -0.15) is 0 Å². The van der Waals surface area contributed by atoms with Gasteiger partial charge < -0.3 is 9.47 Å². The first-order chi connectivity index (χ1) is 6.24. The van der Waals surface area contributed by atoms with Gasteiger partial charge in [-0.1, -0.05) is 0 Å². The van der Waals surface area contributed by atoms with E-state index >= 15 is 0 Å². The lowest BCUT2D eigenvalue weighted by Gasteiger charge is -2.02. The Kier molecular flexibility index (Phi) is 3.22. The van der Waals surface area contributed by atoms with Gasteiger partial charge in [0.2, 0.25) is 0 Å². The fraction of sp³-hybridized carbons (Fsp3) is 0.250. The fourth-order valence-electron chi connectivity index (χ4n) is 0.733. The molecular formula is C8H8NO4. The van der Waals surface area contributed by atoms with E-state index in [0.29, 0.717) is 5.75 Å². The van der Waals surface area contributed by atoms with Crippen LogP contribution < -0.4 is 4.74 Å². The molecule has 0 saturated heterocycles. The highest BCUT2D eigenvalue weighted by atomic mass is 16.7. The quantitative estimate of drug-likeness (QED) is 0.401. The minimum Gasteiger partial charge on any atom is -0.468 e. The van der Waals surface area contributed by atoms with E-state index in [2.05, 4.69) is 10.8 Å². The molecule has 0 saturated carbocycles. The fourth-order valence-corrected chi connectivity index (χ4v) is 0.733. The standard InChI is InChI=1S/C8H8NO4/c1-12-6-13-8-4-2-7(3-5-8)9(10)11/h2,4-5H,6H2,1H3. The van der Waals surface area contributed by atoms with Gasteiger partial charge in [-0.15, -0.1) is 0 Å². The van der Waals surface area contributed by atoms with Crippen LogP contribution in [0.3, 0.4) is 0 Å². The Hall–Kier alpha value is -1.62. The summed E-state index contributed by atoms with van der Waals surface area (Å²) >= 11 is 0. The normalized spacial score (nSPS) is 9.62. The van der Waals surface area contributed by atoms with Gasteiger partial charge in [-0.3, -0.25) is 10.1 Å². The van der Waals surface area contributed by atoms with Gasteiger partial charge in [0.05, 0.1) is 11.0 Å². The number of non-ortho nitro benzene ring substituents is 1. The molecule has 0 heterocycles. The molecule has 0 atom stereocenters. The second-order valence-electron chi connectivity index (χ2n) is 2.22. The Balaban J connectivity index is 2.64. The summed E-state index contributed by atoms with van der Waals surface area (Å²) in [5, 5.41) is 10.2. The highest BCUT2D eigenvalue weighted by Gasteiger charge is 2.04. The van der Waals surface area contributed by atoms with Crippen LogP contribution in [0.2, 0.25) is 0 Å². The van der Waals surface area contributed by atoms with Gasteiger partial charge in [0, 0.05) is 13.2 Å². The smallest absolute Gasteiger partial charge is 0.277 e. The molecule has 0 aliphatic heterocycles. The van der Waals surface area contributed by atoms with E-state index in [9.17, 15) is 10.1 Å². The lowest BCUT2D eigenvalue weighted by atomic mass is 10.3. The Labute approximate surface area is 75.0 Å². The Morgan fingerprint density at radius 3 is 2.85 bits per heavy atom. The van der Waals surface area contributed by atoms with Crippen molar-refractivity contribution in [2.24, 2.45) is 0 Å². The molecule has 0 aliphatic rings. The molecule has 69 valence electrons. The number of nitrogens with zero attached hydrogens (tertiary/aromatic N) is 1. The maximum absolute atomic E-state index is 10.2. The van der Waals surface area contributed by atoms with E-state index in [-0.39, 0.29) is 12.5 Å². The van der Waals surface area contributed by atoms with Crippen molar-refractivity contribution >= 4 is 5.69 Å². The Bertz CT molecular complexity index is 283. The summed E-state index contributed by atoms with van der Waals surface area (Å²) in [6.07, 6.45) is 0. The molecule has 0 fully saturated rings. The van der Waals surface area contributed by atoms with Gasteiger partial charge in [0.1, 0.15) is 5.75 Å². The van der Waals surface area contributed by atoms with Gasteiger partial charge in [-0.25, -0.2) is 0 Å². The predicted molar refractivity (Wildman–Crippen MR) is 44.4 cm³/mol. The molecule has 1 aromatic carbocycles. The molecule has 0 unspecified atom stereocenters. The van der Waals surface area contributed by atoms with Crippen molar-refractivity contribution in [1.82, 2.24) is 0 Å². The van der Waals surface area contributed by atoms with Crippen molar-refractivity contribution in [3.8, 4) is 5.75 Å². The molecule has 0 N–H and O–H groups in total. The van der Waals surface area contributed by atoms with E-state index < -0.39 is 4.92 Å². The maximum atomic E-state index is 10.2. The lowest BCUT2D eigenvalue weighted by molar-refractivity contribution is -0.385. The third kappa shape index (κ3) is 2.72. The molecule has 0 spiro atoms. The third-order valence-corrected chi connectivity index (χ3v) is 1.31. The zero-order valence-electron chi connectivity index (χ0n) is 7.02. The van der Waals surface area contributed by atoms with E-state index in [1.54, 1.807) is 0 Å². The molecule has 5 heteroatoms. The molecule has 0 aromatic heterocycles. The molecule has 1 aromatic rings. The minimum absolute atomic E-state index is 0.0789. The highest BCUT2D eigenvalue weighted by molar-refractivity contribution is 5.34. The van der Waals surface area contributed by atoms with Gasteiger partial charge in [0.25, 0.3) is 5.69 Å². The van der Waals surface area contributed by atoms with Crippen molar-refractivity contribution in [2.45, 2.75) is 0 Å². The summed E-state index contributed by atoms with van der Waals surface area (Å²) in [6.45, 7) is 0.117. The third-order valence-electron chi connectivity index (χ3n) is 1.31. The minimum atomic E-state index is -0.514. The lowest BCUT2D eigenvalue weighted by Crippen LogP contribution is -1.98. The largest absolute Gasteiger partial charge is 0.468 e. The zero-order valence-corrected chi connectivity index (χ0v) is 7.02. The van der Waals surface area contributed by atoms with Crippen LogP contribution in [-0.4, -0.2) is 18.8 Å². The predicted octanol–water partition coefficient (Wildman–Crippen LogP) is 1.38. The first-order valence-corrected chi connectivity index (χ1v) is 3.52. The molecule has 5 nitrogen and oxygen atoms in total. The second-order valence-corrected chi connectivity index (χ2v) is 2.22. The van der Waals surface area contributed by atoms with Gasteiger partial charge >= 0.3 is 0 Å². The molecule has 1 radical (unpaired) electrons. The van der Waals surface area contributed by atoms with Crippen molar-refractivity contribution in [3.63, 3.8) is 0 Å². The first-order valence-electron chi connectivity index (χ1n) is 3.52. The van der Waals surface area contributed by atoms with Crippen LogP contribution in [0, 0.1) is 16.2 Å². The number of benzene rings is 1. The van der Waals surface area contributed by atoms with Crippen LogP contribution in [0.5, 0.6) is 5.75 Å². The Morgan fingerprint density at radius 2 is 2.38 bits per heavy atom.